The Labute approximate surface area is 190 Å². The number of furan rings is 1. The summed E-state index contributed by atoms with van der Waals surface area (Å²) in [7, 11) is 0. The predicted octanol–water partition coefficient (Wildman–Crippen LogP) is 4.18. The fraction of sp³-hybridized carbons (Fsp3) is 0.333. The number of rotatable bonds is 7. The van der Waals surface area contributed by atoms with Gasteiger partial charge in [-0.15, -0.1) is 11.3 Å². The standard InChI is InChI=1S/C24H25N3O4S/c1-2-26(14-17-16-30-21-7-3-4-8-22(21)31-17)15-24(28)27-19(20-9-5-11-29-20)13-18(25-27)23-10-6-12-32-23/h3-12,17,19H,2,13-16H2,1H3. The molecule has 5 rings (SSSR count). The van der Waals surface area contributed by atoms with E-state index >= 15 is 0 Å². The van der Waals surface area contributed by atoms with E-state index in [1.54, 1.807) is 22.6 Å². The molecule has 3 aromatic rings. The summed E-state index contributed by atoms with van der Waals surface area (Å²) in [6.07, 6.45) is 2.14. The van der Waals surface area contributed by atoms with Crippen molar-refractivity contribution in [1.82, 2.24) is 9.91 Å². The average molecular weight is 452 g/mol. The molecular weight excluding hydrogens is 426 g/mol. The van der Waals surface area contributed by atoms with E-state index in [9.17, 15) is 4.79 Å². The van der Waals surface area contributed by atoms with Gasteiger partial charge in [-0.3, -0.25) is 9.69 Å². The van der Waals surface area contributed by atoms with E-state index in [1.165, 1.54) is 0 Å². The van der Waals surface area contributed by atoms with E-state index in [0.717, 1.165) is 27.8 Å². The second-order valence-corrected chi connectivity index (χ2v) is 8.77. The van der Waals surface area contributed by atoms with Crippen LogP contribution in [0.25, 0.3) is 0 Å². The topological polar surface area (TPSA) is 67.5 Å². The van der Waals surface area contributed by atoms with E-state index < -0.39 is 0 Å². The van der Waals surface area contributed by atoms with Crippen LogP contribution in [0, 0.1) is 0 Å². The maximum atomic E-state index is 13.3. The number of hydrogen-bond acceptors (Lipinski definition) is 7. The summed E-state index contributed by atoms with van der Waals surface area (Å²) >= 11 is 1.63. The number of amides is 1. The Morgan fingerprint density at radius 2 is 2.06 bits per heavy atom. The summed E-state index contributed by atoms with van der Waals surface area (Å²) in [5.41, 5.74) is 0.915. The smallest absolute Gasteiger partial charge is 0.257 e. The van der Waals surface area contributed by atoms with Gasteiger partial charge in [-0.25, -0.2) is 5.01 Å². The van der Waals surface area contributed by atoms with Gasteiger partial charge in [0.1, 0.15) is 24.5 Å². The summed E-state index contributed by atoms with van der Waals surface area (Å²) in [5, 5.41) is 8.31. The van der Waals surface area contributed by atoms with Gasteiger partial charge in [0.15, 0.2) is 11.5 Å². The van der Waals surface area contributed by atoms with Crippen LogP contribution in [0.15, 0.2) is 69.7 Å². The molecule has 2 unspecified atom stereocenters. The zero-order chi connectivity index (χ0) is 21.9. The Morgan fingerprint density at radius 3 is 2.81 bits per heavy atom. The van der Waals surface area contributed by atoms with Crippen molar-refractivity contribution in [2.75, 3.05) is 26.2 Å². The van der Waals surface area contributed by atoms with Crippen LogP contribution >= 0.6 is 11.3 Å². The van der Waals surface area contributed by atoms with Crippen molar-refractivity contribution in [3.63, 3.8) is 0 Å². The number of benzene rings is 1. The van der Waals surface area contributed by atoms with Gasteiger partial charge < -0.3 is 13.9 Å². The summed E-state index contributed by atoms with van der Waals surface area (Å²) in [6, 6.07) is 15.2. The second-order valence-electron chi connectivity index (χ2n) is 7.82. The van der Waals surface area contributed by atoms with Crippen LogP contribution in [0.2, 0.25) is 0 Å². The van der Waals surface area contributed by atoms with Crippen molar-refractivity contribution in [3.05, 3.63) is 70.8 Å². The molecule has 166 valence electrons. The molecule has 1 aromatic carbocycles. The minimum Gasteiger partial charge on any atom is -0.486 e. The largest absolute Gasteiger partial charge is 0.486 e. The molecule has 0 saturated carbocycles. The highest BCUT2D eigenvalue weighted by Gasteiger charge is 2.36. The molecule has 0 bridgehead atoms. The molecule has 0 spiro atoms. The maximum absolute atomic E-state index is 13.3. The number of carbonyl (C=O) groups is 1. The molecule has 2 atom stereocenters. The molecule has 2 aliphatic rings. The molecule has 7 nitrogen and oxygen atoms in total. The van der Waals surface area contributed by atoms with E-state index in [4.69, 9.17) is 19.0 Å². The molecule has 0 saturated heterocycles. The van der Waals surface area contributed by atoms with Gasteiger partial charge in [-0.1, -0.05) is 25.1 Å². The first kappa shape index (κ1) is 20.8. The molecular formula is C24H25N3O4S. The van der Waals surface area contributed by atoms with Crippen molar-refractivity contribution in [2.24, 2.45) is 5.10 Å². The van der Waals surface area contributed by atoms with Crippen LogP contribution in [-0.2, 0) is 4.79 Å². The summed E-state index contributed by atoms with van der Waals surface area (Å²) in [4.78, 5) is 16.5. The lowest BCUT2D eigenvalue weighted by atomic mass is 10.1. The maximum Gasteiger partial charge on any atom is 0.257 e. The van der Waals surface area contributed by atoms with Crippen molar-refractivity contribution < 1.29 is 18.7 Å². The molecule has 0 radical (unpaired) electrons. The Kier molecular flexibility index (Phi) is 5.96. The normalized spacial score (nSPS) is 19.9. The summed E-state index contributed by atoms with van der Waals surface area (Å²) in [6.45, 7) is 4.06. The fourth-order valence-electron chi connectivity index (χ4n) is 4.04. The Morgan fingerprint density at radius 1 is 1.19 bits per heavy atom. The molecule has 32 heavy (non-hydrogen) atoms. The quantitative estimate of drug-likeness (QED) is 0.539. The van der Waals surface area contributed by atoms with Crippen LogP contribution in [0.4, 0.5) is 0 Å². The summed E-state index contributed by atoms with van der Waals surface area (Å²) in [5.74, 6) is 2.19. The highest BCUT2D eigenvalue weighted by molar-refractivity contribution is 7.12. The van der Waals surface area contributed by atoms with Crippen LogP contribution in [0.1, 0.15) is 30.0 Å². The number of likely N-dealkylation sites (N-methyl/N-ethyl adjacent to an activating group) is 1. The predicted molar refractivity (Wildman–Crippen MR) is 122 cm³/mol. The first-order valence-electron chi connectivity index (χ1n) is 10.8. The lowest BCUT2D eigenvalue weighted by molar-refractivity contribution is -0.134. The first-order chi connectivity index (χ1) is 15.7. The third kappa shape index (κ3) is 4.28. The van der Waals surface area contributed by atoms with Gasteiger partial charge in [0.05, 0.1) is 23.4 Å². The van der Waals surface area contributed by atoms with Gasteiger partial charge in [0.2, 0.25) is 0 Å². The molecule has 2 aliphatic heterocycles. The van der Waals surface area contributed by atoms with Crippen LogP contribution in [0.5, 0.6) is 11.5 Å². The number of fused-ring (bicyclic) bond motifs is 1. The number of hydrogen-bond donors (Lipinski definition) is 0. The third-order valence-electron chi connectivity index (χ3n) is 5.68. The highest BCUT2D eigenvalue weighted by atomic mass is 32.1. The van der Waals surface area contributed by atoms with Crippen LogP contribution in [0.3, 0.4) is 0 Å². The molecule has 4 heterocycles. The van der Waals surface area contributed by atoms with Crippen molar-refractivity contribution >= 4 is 23.0 Å². The number of hydrazone groups is 1. The van der Waals surface area contributed by atoms with E-state index in [0.29, 0.717) is 26.1 Å². The zero-order valence-corrected chi connectivity index (χ0v) is 18.7. The van der Waals surface area contributed by atoms with E-state index in [-0.39, 0.29) is 24.6 Å². The second kappa shape index (κ2) is 9.18. The summed E-state index contributed by atoms with van der Waals surface area (Å²) < 4.78 is 17.5. The van der Waals surface area contributed by atoms with Crippen molar-refractivity contribution in [2.45, 2.75) is 25.5 Å². The van der Waals surface area contributed by atoms with Crippen LogP contribution in [-0.4, -0.2) is 53.9 Å². The monoisotopic (exact) mass is 451 g/mol. The van der Waals surface area contributed by atoms with Gasteiger partial charge in [0.25, 0.3) is 5.91 Å². The average Bonchev–Trinajstić information content (AvgIpc) is 3.59. The lowest BCUT2D eigenvalue weighted by Crippen LogP contribution is -2.45. The van der Waals surface area contributed by atoms with Crippen molar-refractivity contribution in [3.8, 4) is 11.5 Å². The SMILES string of the molecule is CCN(CC(=O)N1N=C(c2cccs2)CC1c1ccco1)CC1COc2ccccc2O1. The lowest BCUT2D eigenvalue weighted by Gasteiger charge is -2.31. The van der Waals surface area contributed by atoms with Crippen LogP contribution < -0.4 is 9.47 Å². The fourth-order valence-corrected chi connectivity index (χ4v) is 4.77. The van der Waals surface area contributed by atoms with Gasteiger partial charge in [0, 0.05) is 13.0 Å². The Hall–Kier alpha value is -3.10. The molecule has 2 aromatic heterocycles. The number of thiophene rings is 1. The molecule has 8 heteroatoms. The number of para-hydroxylation sites is 2. The van der Waals surface area contributed by atoms with E-state index in [2.05, 4.69) is 4.90 Å². The molecule has 0 N–H and O–H groups in total. The Bertz CT molecular complexity index is 1080. The minimum absolute atomic E-state index is 0.0584. The van der Waals surface area contributed by atoms with Gasteiger partial charge >= 0.3 is 0 Å². The van der Waals surface area contributed by atoms with Gasteiger partial charge in [-0.2, -0.15) is 5.10 Å². The third-order valence-corrected chi connectivity index (χ3v) is 6.60. The first-order valence-corrected chi connectivity index (χ1v) is 11.7. The zero-order valence-electron chi connectivity index (χ0n) is 17.8. The Balaban J connectivity index is 1.28. The molecule has 0 fully saturated rings. The molecule has 1 amide bonds. The van der Waals surface area contributed by atoms with E-state index in [1.807, 2.05) is 60.8 Å². The molecule has 0 aliphatic carbocycles. The van der Waals surface area contributed by atoms with Crippen molar-refractivity contribution in [1.29, 1.82) is 0 Å². The minimum atomic E-state index is -0.227. The number of nitrogens with zero attached hydrogens (tertiary/aromatic N) is 3. The van der Waals surface area contributed by atoms with Gasteiger partial charge in [-0.05, 0) is 42.3 Å². The number of ether oxygens (including phenoxy) is 2. The highest BCUT2D eigenvalue weighted by Crippen LogP contribution is 2.34. The number of carbonyl (C=O) groups excluding carboxylic acids is 1.